The Balaban J connectivity index is 1.82. The van der Waals surface area contributed by atoms with E-state index in [9.17, 15) is 45.0 Å². The van der Waals surface area contributed by atoms with Crippen LogP contribution >= 0.6 is 0 Å². The number of aromatic hydroxyl groups is 6. The lowest BCUT2D eigenvalue weighted by Gasteiger charge is -2.13. The van der Waals surface area contributed by atoms with E-state index in [0.717, 1.165) is 24.3 Å². The molecule has 2 heterocycles. The van der Waals surface area contributed by atoms with Crippen molar-refractivity contribution >= 4 is 38.7 Å². The van der Waals surface area contributed by atoms with Crippen LogP contribution in [0.25, 0.3) is 32.7 Å². The Bertz CT molecular complexity index is 1740. The van der Waals surface area contributed by atoms with E-state index in [0.29, 0.717) is 0 Å². The fraction of sp³-hybridized carbons (Fsp3) is 0. The molecule has 0 unspecified atom stereocenters. The van der Waals surface area contributed by atoms with Crippen LogP contribution in [0.1, 0.15) is 10.4 Å². The number of carbonyl (C=O) groups excluding carboxylic acids is 1. The standard InChI is InChI=1S/C21H10O12/c22-8-1-5(2-9(23)14(8)26)19(28)31-16-11(25)4-7-13-12-6(21(30)33-18(13)16)3-10(24)15(27)17(12)32-20(7)29/h1-4,22-27H. The van der Waals surface area contributed by atoms with Crippen molar-refractivity contribution in [2.24, 2.45) is 0 Å². The molecule has 12 nitrogen and oxygen atoms in total. The topological polar surface area (TPSA) is 208 Å². The summed E-state index contributed by atoms with van der Waals surface area (Å²) in [6.45, 7) is 0. The molecule has 0 atom stereocenters. The first-order chi connectivity index (χ1) is 15.6. The molecule has 0 aliphatic rings. The maximum absolute atomic E-state index is 12.6. The van der Waals surface area contributed by atoms with Gasteiger partial charge >= 0.3 is 17.2 Å². The highest BCUT2D eigenvalue weighted by molar-refractivity contribution is 6.22. The fourth-order valence-corrected chi connectivity index (χ4v) is 3.54. The van der Waals surface area contributed by atoms with Gasteiger partial charge in [-0.25, -0.2) is 14.4 Å². The van der Waals surface area contributed by atoms with E-state index in [1.54, 1.807) is 0 Å². The number of esters is 1. The first-order valence-corrected chi connectivity index (χ1v) is 8.99. The molecule has 33 heavy (non-hydrogen) atoms. The number of phenolic OH excluding ortho intramolecular Hbond substituents is 6. The molecule has 12 heteroatoms. The summed E-state index contributed by atoms with van der Waals surface area (Å²) >= 11 is 0. The lowest BCUT2D eigenvalue weighted by atomic mass is 10.0. The number of carbonyl (C=O) groups is 1. The minimum Gasteiger partial charge on any atom is -0.504 e. The van der Waals surface area contributed by atoms with Crippen molar-refractivity contribution in [2.75, 3.05) is 0 Å². The molecule has 0 aliphatic heterocycles. The van der Waals surface area contributed by atoms with E-state index in [2.05, 4.69) is 0 Å². The SMILES string of the molecule is O=C(Oc1c(O)cc2c(=O)oc3c(O)c(O)cc4c(=O)oc1c2c34)c1cc(O)c(O)c(O)c1. The molecule has 0 fully saturated rings. The second kappa shape index (κ2) is 6.43. The lowest BCUT2D eigenvalue weighted by Crippen LogP contribution is -2.11. The van der Waals surface area contributed by atoms with Crippen molar-refractivity contribution < 1.29 is 49.0 Å². The minimum atomic E-state index is -1.25. The molecular weight excluding hydrogens is 444 g/mol. The van der Waals surface area contributed by atoms with Crippen LogP contribution in [-0.4, -0.2) is 36.6 Å². The van der Waals surface area contributed by atoms with Crippen LogP contribution in [0.15, 0.2) is 42.7 Å². The summed E-state index contributed by atoms with van der Waals surface area (Å²) in [5.74, 6) is -6.86. The third kappa shape index (κ3) is 2.67. The molecule has 6 N–H and O–H groups in total. The van der Waals surface area contributed by atoms with E-state index < -0.39 is 74.2 Å². The van der Waals surface area contributed by atoms with E-state index in [-0.39, 0.29) is 21.5 Å². The van der Waals surface area contributed by atoms with Crippen molar-refractivity contribution in [3.8, 4) is 40.2 Å². The van der Waals surface area contributed by atoms with Crippen molar-refractivity contribution in [3.63, 3.8) is 0 Å². The summed E-state index contributed by atoms with van der Waals surface area (Å²) in [6.07, 6.45) is 0. The number of hydrogen-bond donors (Lipinski definition) is 6. The maximum Gasteiger partial charge on any atom is 0.344 e. The van der Waals surface area contributed by atoms with Crippen LogP contribution in [-0.2, 0) is 0 Å². The minimum absolute atomic E-state index is 0.136. The highest BCUT2D eigenvalue weighted by Crippen LogP contribution is 2.45. The van der Waals surface area contributed by atoms with Gasteiger partial charge in [0.2, 0.25) is 11.5 Å². The summed E-state index contributed by atoms with van der Waals surface area (Å²) in [7, 11) is 0. The lowest BCUT2D eigenvalue weighted by molar-refractivity contribution is 0.0729. The number of benzene rings is 3. The summed E-state index contributed by atoms with van der Waals surface area (Å²) in [5, 5.41) is 58.2. The number of hydrogen-bond acceptors (Lipinski definition) is 12. The molecular formula is C21H10O12. The molecule has 0 saturated heterocycles. The monoisotopic (exact) mass is 454 g/mol. The van der Waals surface area contributed by atoms with E-state index in [1.807, 2.05) is 0 Å². The van der Waals surface area contributed by atoms with E-state index >= 15 is 0 Å². The van der Waals surface area contributed by atoms with Gasteiger partial charge in [0.15, 0.2) is 39.9 Å². The van der Waals surface area contributed by atoms with Gasteiger partial charge in [-0.3, -0.25) is 0 Å². The second-order valence-corrected chi connectivity index (χ2v) is 7.00. The van der Waals surface area contributed by atoms with Crippen LogP contribution in [0.5, 0.6) is 40.2 Å². The summed E-state index contributed by atoms with van der Waals surface area (Å²) in [6, 6.07) is 3.32. The zero-order chi connectivity index (χ0) is 23.8. The van der Waals surface area contributed by atoms with Gasteiger partial charge in [-0.1, -0.05) is 0 Å². The van der Waals surface area contributed by atoms with Crippen LogP contribution in [0.2, 0.25) is 0 Å². The number of ether oxygens (including phenoxy) is 1. The molecule has 3 aromatic carbocycles. The smallest absolute Gasteiger partial charge is 0.344 e. The Morgan fingerprint density at radius 2 is 1.15 bits per heavy atom. The first kappa shape index (κ1) is 19.8. The van der Waals surface area contributed by atoms with Gasteiger partial charge in [-0.2, -0.15) is 0 Å². The zero-order valence-corrected chi connectivity index (χ0v) is 15.9. The Morgan fingerprint density at radius 3 is 1.76 bits per heavy atom. The molecule has 0 bridgehead atoms. The van der Waals surface area contributed by atoms with Gasteiger partial charge in [0.1, 0.15) is 0 Å². The van der Waals surface area contributed by atoms with E-state index in [1.165, 1.54) is 0 Å². The van der Waals surface area contributed by atoms with Crippen molar-refractivity contribution in [3.05, 3.63) is 50.7 Å². The van der Waals surface area contributed by atoms with Gasteiger partial charge in [0.25, 0.3) is 0 Å². The normalized spacial score (nSPS) is 11.5. The Hall–Kier alpha value is -5.13. The Morgan fingerprint density at radius 1 is 0.667 bits per heavy atom. The molecule has 5 rings (SSSR count). The summed E-state index contributed by atoms with van der Waals surface area (Å²) < 4.78 is 15.3. The summed E-state index contributed by atoms with van der Waals surface area (Å²) in [5.41, 5.74) is -3.67. The molecule has 0 saturated carbocycles. The van der Waals surface area contributed by atoms with Gasteiger partial charge in [-0.15, -0.1) is 0 Å². The summed E-state index contributed by atoms with van der Waals surface area (Å²) in [4.78, 5) is 37.6. The molecule has 0 amide bonds. The number of phenols is 6. The maximum atomic E-state index is 12.6. The third-order valence-electron chi connectivity index (χ3n) is 5.03. The van der Waals surface area contributed by atoms with Crippen molar-refractivity contribution in [1.82, 2.24) is 0 Å². The Kier molecular flexibility index (Phi) is 3.86. The van der Waals surface area contributed by atoms with Crippen LogP contribution in [0, 0.1) is 0 Å². The molecule has 2 aromatic heterocycles. The molecule has 0 spiro atoms. The predicted octanol–water partition coefficient (Wildman–Crippen LogP) is 1.94. The average molecular weight is 454 g/mol. The van der Waals surface area contributed by atoms with Crippen LogP contribution in [0.4, 0.5) is 0 Å². The molecule has 0 aliphatic carbocycles. The largest absolute Gasteiger partial charge is 0.504 e. The van der Waals surface area contributed by atoms with E-state index in [4.69, 9.17) is 13.6 Å². The van der Waals surface area contributed by atoms with Crippen LogP contribution in [0.3, 0.4) is 0 Å². The zero-order valence-electron chi connectivity index (χ0n) is 15.9. The van der Waals surface area contributed by atoms with Gasteiger partial charge in [0, 0.05) is 10.8 Å². The quantitative estimate of drug-likeness (QED) is 0.0743. The highest BCUT2D eigenvalue weighted by atomic mass is 16.5. The van der Waals surface area contributed by atoms with Crippen molar-refractivity contribution in [2.45, 2.75) is 0 Å². The first-order valence-electron chi connectivity index (χ1n) is 8.99. The van der Waals surface area contributed by atoms with Gasteiger partial charge < -0.3 is 44.2 Å². The predicted molar refractivity (Wildman–Crippen MR) is 109 cm³/mol. The highest BCUT2D eigenvalue weighted by Gasteiger charge is 2.27. The molecule has 166 valence electrons. The van der Waals surface area contributed by atoms with Crippen LogP contribution < -0.4 is 16.0 Å². The Labute approximate surface area is 179 Å². The number of rotatable bonds is 2. The third-order valence-corrected chi connectivity index (χ3v) is 5.03. The average Bonchev–Trinajstić information content (AvgIpc) is 2.76. The van der Waals surface area contributed by atoms with Crippen molar-refractivity contribution in [1.29, 1.82) is 0 Å². The molecule has 5 aromatic rings. The van der Waals surface area contributed by atoms with Gasteiger partial charge in [-0.05, 0) is 24.3 Å². The second-order valence-electron chi connectivity index (χ2n) is 7.00. The van der Waals surface area contributed by atoms with Gasteiger partial charge in [0.05, 0.1) is 16.3 Å². The fourth-order valence-electron chi connectivity index (χ4n) is 3.54. The molecule has 0 radical (unpaired) electrons.